The van der Waals surface area contributed by atoms with E-state index in [2.05, 4.69) is 38.1 Å². The van der Waals surface area contributed by atoms with Gasteiger partial charge in [0.1, 0.15) is 5.41 Å². The van der Waals surface area contributed by atoms with Crippen molar-refractivity contribution in [2.75, 3.05) is 13.1 Å². The van der Waals surface area contributed by atoms with E-state index < -0.39 is 5.41 Å². The first-order valence-electron chi connectivity index (χ1n) is 8.74. The number of benzene rings is 2. The number of carbonyl (C=O) groups is 1. The van der Waals surface area contributed by atoms with Crippen LogP contribution in [0.5, 0.6) is 0 Å². The summed E-state index contributed by atoms with van der Waals surface area (Å²) in [5.74, 6) is 0.385. The number of amides is 1. The standard InChI is InChI=1S/C21H26N2O/c1-16(2)23-15-19(13-14-22)21(20(23)24,17-9-5-3-6-10-17)18-11-7-4-8-12-18/h3-12,16,19H,13-15,22H2,1-2H3/t19-/m1/s1. The molecule has 2 aromatic carbocycles. The Morgan fingerprint density at radius 1 is 1.04 bits per heavy atom. The zero-order valence-electron chi connectivity index (χ0n) is 14.5. The molecule has 0 bridgehead atoms. The van der Waals surface area contributed by atoms with E-state index in [4.69, 9.17) is 5.73 Å². The smallest absolute Gasteiger partial charge is 0.238 e. The van der Waals surface area contributed by atoms with E-state index in [1.54, 1.807) is 0 Å². The van der Waals surface area contributed by atoms with E-state index in [0.29, 0.717) is 6.54 Å². The van der Waals surface area contributed by atoms with Crippen LogP contribution in [0.1, 0.15) is 31.4 Å². The van der Waals surface area contributed by atoms with Gasteiger partial charge in [-0.15, -0.1) is 0 Å². The molecule has 1 fully saturated rings. The molecule has 0 unspecified atom stereocenters. The number of likely N-dealkylation sites (tertiary alicyclic amines) is 1. The lowest BCUT2D eigenvalue weighted by atomic mass is 9.66. The summed E-state index contributed by atoms with van der Waals surface area (Å²) in [5, 5.41) is 0. The fourth-order valence-corrected chi connectivity index (χ4v) is 4.10. The van der Waals surface area contributed by atoms with Gasteiger partial charge in [-0.3, -0.25) is 4.79 Å². The molecule has 2 aromatic rings. The van der Waals surface area contributed by atoms with Crippen molar-refractivity contribution in [1.29, 1.82) is 0 Å². The van der Waals surface area contributed by atoms with Crippen LogP contribution in [-0.4, -0.2) is 29.9 Å². The predicted octanol–water partition coefficient (Wildman–Crippen LogP) is 3.19. The highest BCUT2D eigenvalue weighted by Crippen LogP contribution is 2.47. The predicted molar refractivity (Wildman–Crippen MR) is 97.7 cm³/mol. The maximum atomic E-state index is 13.6. The molecule has 1 saturated heterocycles. The van der Waals surface area contributed by atoms with E-state index in [1.807, 2.05) is 41.3 Å². The topological polar surface area (TPSA) is 46.3 Å². The van der Waals surface area contributed by atoms with E-state index >= 15 is 0 Å². The van der Waals surface area contributed by atoms with Crippen LogP contribution in [0.25, 0.3) is 0 Å². The number of nitrogens with two attached hydrogens (primary N) is 1. The fraction of sp³-hybridized carbons (Fsp3) is 0.381. The molecule has 0 aliphatic carbocycles. The lowest BCUT2D eigenvalue weighted by Crippen LogP contribution is -2.43. The average molecular weight is 322 g/mol. The van der Waals surface area contributed by atoms with Crippen LogP contribution in [-0.2, 0) is 10.2 Å². The summed E-state index contributed by atoms with van der Waals surface area (Å²) in [4.78, 5) is 15.7. The molecular formula is C21H26N2O. The normalized spacial score (nSPS) is 19.9. The van der Waals surface area contributed by atoms with E-state index in [-0.39, 0.29) is 17.9 Å². The minimum Gasteiger partial charge on any atom is -0.339 e. The number of rotatable bonds is 5. The molecule has 3 nitrogen and oxygen atoms in total. The summed E-state index contributed by atoms with van der Waals surface area (Å²) in [6.45, 7) is 5.52. The largest absolute Gasteiger partial charge is 0.339 e. The van der Waals surface area contributed by atoms with E-state index in [1.165, 1.54) is 0 Å². The monoisotopic (exact) mass is 322 g/mol. The maximum absolute atomic E-state index is 13.6. The number of nitrogens with zero attached hydrogens (tertiary/aromatic N) is 1. The maximum Gasteiger partial charge on any atom is 0.238 e. The molecule has 1 aliphatic rings. The Labute approximate surface area is 144 Å². The van der Waals surface area contributed by atoms with Gasteiger partial charge in [-0.05, 0) is 37.9 Å². The summed E-state index contributed by atoms with van der Waals surface area (Å²) in [6.07, 6.45) is 0.832. The third-order valence-electron chi connectivity index (χ3n) is 5.22. The quantitative estimate of drug-likeness (QED) is 0.919. The zero-order valence-corrected chi connectivity index (χ0v) is 14.5. The molecule has 0 saturated carbocycles. The Kier molecular flexibility index (Phi) is 4.72. The van der Waals surface area contributed by atoms with Crippen LogP contribution < -0.4 is 5.73 Å². The number of hydrogen-bond donors (Lipinski definition) is 1. The molecule has 1 heterocycles. The van der Waals surface area contributed by atoms with Crippen molar-refractivity contribution in [3.8, 4) is 0 Å². The minimum absolute atomic E-state index is 0.183. The van der Waals surface area contributed by atoms with Crippen LogP contribution in [0.2, 0.25) is 0 Å². The van der Waals surface area contributed by atoms with Gasteiger partial charge < -0.3 is 10.6 Å². The highest BCUT2D eigenvalue weighted by atomic mass is 16.2. The molecule has 2 N–H and O–H groups in total. The second kappa shape index (κ2) is 6.78. The molecule has 0 radical (unpaired) electrons. The van der Waals surface area contributed by atoms with Gasteiger partial charge in [0.05, 0.1) is 0 Å². The van der Waals surface area contributed by atoms with Crippen LogP contribution in [0.4, 0.5) is 0 Å². The van der Waals surface area contributed by atoms with Crippen LogP contribution in [0.15, 0.2) is 60.7 Å². The van der Waals surface area contributed by atoms with Gasteiger partial charge in [0, 0.05) is 18.5 Å². The van der Waals surface area contributed by atoms with Gasteiger partial charge in [-0.2, -0.15) is 0 Å². The minimum atomic E-state index is -0.633. The molecule has 24 heavy (non-hydrogen) atoms. The summed E-state index contributed by atoms with van der Waals surface area (Å²) in [6, 6.07) is 20.6. The van der Waals surface area contributed by atoms with Gasteiger partial charge in [0.2, 0.25) is 5.91 Å². The average Bonchev–Trinajstić information content (AvgIpc) is 2.90. The van der Waals surface area contributed by atoms with Crippen molar-refractivity contribution in [3.63, 3.8) is 0 Å². The summed E-state index contributed by atoms with van der Waals surface area (Å²) in [5.41, 5.74) is 7.43. The lowest BCUT2D eigenvalue weighted by molar-refractivity contribution is -0.132. The SMILES string of the molecule is CC(C)N1C[C@@H](CCN)C(c2ccccc2)(c2ccccc2)C1=O. The lowest BCUT2D eigenvalue weighted by Gasteiger charge is -2.34. The second-order valence-corrected chi connectivity index (χ2v) is 6.87. The number of carbonyl (C=O) groups excluding carboxylic acids is 1. The van der Waals surface area contributed by atoms with Crippen LogP contribution in [0, 0.1) is 5.92 Å². The van der Waals surface area contributed by atoms with Crippen molar-refractivity contribution in [2.45, 2.75) is 31.7 Å². The first-order valence-corrected chi connectivity index (χ1v) is 8.74. The van der Waals surface area contributed by atoms with E-state index in [0.717, 1.165) is 24.1 Å². The molecule has 1 atom stereocenters. The van der Waals surface area contributed by atoms with Crippen LogP contribution in [0.3, 0.4) is 0 Å². The Morgan fingerprint density at radius 3 is 1.96 bits per heavy atom. The highest BCUT2D eigenvalue weighted by molar-refractivity contribution is 5.95. The van der Waals surface area contributed by atoms with Crippen molar-refractivity contribution in [3.05, 3.63) is 71.8 Å². The van der Waals surface area contributed by atoms with Crippen molar-refractivity contribution in [2.24, 2.45) is 11.7 Å². The van der Waals surface area contributed by atoms with Gasteiger partial charge in [0.15, 0.2) is 0 Å². The first kappa shape index (κ1) is 16.7. The summed E-state index contributed by atoms with van der Waals surface area (Å²) >= 11 is 0. The third-order valence-corrected chi connectivity index (χ3v) is 5.22. The van der Waals surface area contributed by atoms with E-state index in [9.17, 15) is 4.79 Å². The Morgan fingerprint density at radius 2 is 1.54 bits per heavy atom. The van der Waals surface area contributed by atoms with Gasteiger partial charge in [-0.1, -0.05) is 60.7 Å². The third kappa shape index (κ3) is 2.53. The zero-order chi connectivity index (χ0) is 17.2. The number of hydrogen-bond acceptors (Lipinski definition) is 2. The van der Waals surface area contributed by atoms with Crippen molar-refractivity contribution < 1.29 is 4.79 Å². The van der Waals surface area contributed by atoms with Crippen molar-refractivity contribution in [1.82, 2.24) is 4.90 Å². The van der Waals surface area contributed by atoms with Gasteiger partial charge >= 0.3 is 0 Å². The molecule has 1 amide bonds. The fourth-order valence-electron chi connectivity index (χ4n) is 4.10. The molecule has 126 valence electrons. The molecule has 3 rings (SSSR count). The molecular weight excluding hydrogens is 296 g/mol. The Bertz CT molecular complexity index is 642. The second-order valence-electron chi connectivity index (χ2n) is 6.87. The molecule has 1 aliphatic heterocycles. The van der Waals surface area contributed by atoms with Gasteiger partial charge in [-0.25, -0.2) is 0 Å². The van der Waals surface area contributed by atoms with Gasteiger partial charge in [0.25, 0.3) is 0 Å². The molecule has 3 heteroatoms. The van der Waals surface area contributed by atoms with Crippen molar-refractivity contribution >= 4 is 5.91 Å². The molecule has 0 aromatic heterocycles. The first-order chi connectivity index (χ1) is 11.6. The summed E-state index contributed by atoms with van der Waals surface area (Å²) < 4.78 is 0. The molecule has 0 spiro atoms. The summed E-state index contributed by atoms with van der Waals surface area (Å²) in [7, 11) is 0. The Hall–Kier alpha value is -2.13. The highest BCUT2D eigenvalue weighted by Gasteiger charge is 2.55. The van der Waals surface area contributed by atoms with Crippen LogP contribution >= 0.6 is 0 Å². The Balaban J connectivity index is 2.24.